The minimum Gasteiger partial charge on any atom is -0.487 e. The molecule has 1 aromatic heterocycles. The highest BCUT2D eigenvalue weighted by Crippen LogP contribution is 2.40. The number of fused-ring (bicyclic) bond motifs is 1. The molecule has 4 nitrogen and oxygen atoms in total. The molecule has 2 N–H and O–H groups in total. The number of halogens is 1. The zero-order valence-electron chi connectivity index (χ0n) is 19.7. The zero-order chi connectivity index (χ0) is 24.3. The van der Waals surface area contributed by atoms with Crippen LogP contribution in [0.1, 0.15) is 60.6 Å². The van der Waals surface area contributed by atoms with Crippen LogP contribution in [-0.2, 0) is 18.6 Å². The number of hydrogen-bond acceptors (Lipinski definition) is 4. The van der Waals surface area contributed by atoms with Crippen molar-refractivity contribution in [2.24, 2.45) is 0 Å². The number of aliphatic hydroxyl groups is 2. The topological polar surface area (TPSA) is 62.6 Å². The highest BCUT2D eigenvalue weighted by Gasteiger charge is 2.34. The van der Waals surface area contributed by atoms with Gasteiger partial charge in [0.1, 0.15) is 12.4 Å². The van der Waals surface area contributed by atoms with E-state index in [9.17, 15) is 10.2 Å². The first-order valence-corrected chi connectivity index (χ1v) is 12.6. The molecule has 5 rings (SSSR count). The van der Waals surface area contributed by atoms with Gasteiger partial charge in [-0.05, 0) is 72.7 Å². The Kier molecular flexibility index (Phi) is 7.05. The van der Waals surface area contributed by atoms with E-state index in [1.54, 1.807) is 0 Å². The Balaban J connectivity index is 1.23. The zero-order valence-corrected chi connectivity index (χ0v) is 20.4. The normalized spacial score (nSPS) is 15.9. The maximum atomic E-state index is 11.1. The summed E-state index contributed by atoms with van der Waals surface area (Å²) >= 11 is 6.10. The van der Waals surface area contributed by atoms with Crippen LogP contribution in [0.15, 0.2) is 78.9 Å². The van der Waals surface area contributed by atoms with Gasteiger partial charge < -0.3 is 14.9 Å². The molecule has 180 valence electrons. The molecule has 1 fully saturated rings. The highest BCUT2D eigenvalue weighted by atomic mass is 35.5. The minimum absolute atomic E-state index is 0.327. The van der Waals surface area contributed by atoms with Crippen LogP contribution in [0.5, 0.6) is 5.75 Å². The molecule has 0 radical (unpaired) electrons. The molecule has 1 aliphatic carbocycles. The van der Waals surface area contributed by atoms with Crippen molar-refractivity contribution in [2.45, 2.75) is 56.8 Å². The molecule has 35 heavy (non-hydrogen) atoms. The fourth-order valence-electron chi connectivity index (χ4n) is 5.06. The standard InChI is InChI=1S/C30H30ClNO3/c31-24-13-10-22-11-14-25(32-28(22)19-24)20-35-26-8-5-7-23(18-26)29(33)15-12-21-6-1-2-9-27(21)30(34)16-3-4-17-30/h1-2,5-11,13-14,18-19,29,33-34H,3-4,12,15-17,20H2. The smallest absolute Gasteiger partial charge is 0.130 e. The summed E-state index contributed by atoms with van der Waals surface area (Å²) in [5.41, 5.74) is 3.88. The molecule has 1 heterocycles. The lowest BCUT2D eigenvalue weighted by molar-refractivity contribution is 0.0433. The van der Waals surface area contributed by atoms with E-state index in [2.05, 4.69) is 11.1 Å². The van der Waals surface area contributed by atoms with Crippen molar-refractivity contribution in [2.75, 3.05) is 0 Å². The van der Waals surface area contributed by atoms with E-state index < -0.39 is 11.7 Å². The summed E-state index contributed by atoms with van der Waals surface area (Å²) in [6.45, 7) is 0.327. The summed E-state index contributed by atoms with van der Waals surface area (Å²) in [5, 5.41) is 23.7. The van der Waals surface area contributed by atoms with Crippen molar-refractivity contribution >= 4 is 22.5 Å². The van der Waals surface area contributed by atoms with Crippen LogP contribution in [0.2, 0.25) is 5.02 Å². The fourth-order valence-corrected chi connectivity index (χ4v) is 5.23. The Morgan fingerprint density at radius 1 is 0.943 bits per heavy atom. The molecule has 1 atom stereocenters. The first-order valence-electron chi connectivity index (χ1n) is 12.3. The van der Waals surface area contributed by atoms with E-state index >= 15 is 0 Å². The van der Waals surface area contributed by atoms with Crippen molar-refractivity contribution in [3.63, 3.8) is 0 Å². The van der Waals surface area contributed by atoms with Crippen molar-refractivity contribution in [3.05, 3.63) is 106 Å². The van der Waals surface area contributed by atoms with Gasteiger partial charge >= 0.3 is 0 Å². The quantitative estimate of drug-likeness (QED) is 0.284. The largest absolute Gasteiger partial charge is 0.487 e. The van der Waals surface area contributed by atoms with Crippen LogP contribution < -0.4 is 4.74 Å². The summed E-state index contributed by atoms with van der Waals surface area (Å²) < 4.78 is 5.99. The van der Waals surface area contributed by atoms with Crippen LogP contribution >= 0.6 is 11.6 Å². The SMILES string of the molecule is OC(CCc1ccccc1C1(O)CCCC1)c1cccc(OCc2ccc3ccc(Cl)cc3n2)c1. The molecule has 0 amide bonds. The lowest BCUT2D eigenvalue weighted by Gasteiger charge is -2.26. The fraction of sp³-hybridized carbons (Fsp3) is 0.300. The Labute approximate surface area is 211 Å². The third-order valence-corrected chi connectivity index (χ3v) is 7.21. The van der Waals surface area contributed by atoms with Crippen LogP contribution in [-0.4, -0.2) is 15.2 Å². The van der Waals surface area contributed by atoms with Gasteiger partial charge in [-0.1, -0.05) is 73.0 Å². The lowest BCUT2D eigenvalue weighted by Crippen LogP contribution is -2.23. The third-order valence-electron chi connectivity index (χ3n) is 6.98. The van der Waals surface area contributed by atoms with E-state index in [4.69, 9.17) is 16.3 Å². The summed E-state index contributed by atoms with van der Waals surface area (Å²) in [6, 6.07) is 25.3. The van der Waals surface area contributed by atoms with Gasteiger partial charge in [-0.2, -0.15) is 0 Å². The van der Waals surface area contributed by atoms with Gasteiger partial charge in [0.05, 0.1) is 22.9 Å². The molecule has 0 bridgehead atoms. The van der Waals surface area contributed by atoms with Gasteiger partial charge in [-0.25, -0.2) is 4.98 Å². The number of ether oxygens (including phenoxy) is 1. The van der Waals surface area contributed by atoms with E-state index in [0.717, 1.165) is 59.0 Å². The molecule has 3 aromatic carbocycles. The number of aromatic nitrogens is 1. The van der Waals surface area contributed by atoms with Gasteiger partial charge in [0.25, 0.3) is 0 Å². The van der Waals surface area contributed by atoms with Crippen LogP contribution in [0.4, 0.5) is 0 Å². The second kappa shape index (κ2) is 10.4. The Hall–Kier alpha value is -2.92. The van der Waals surface area contributed by atoms with Crippen molar-refractivity contribution in [3.8, 4) is 5.75 Å². The van der Waals surface area contributed by atoms with E-state index in [1.807, 2.05) is 72.8 Å². The molecule has 4 aromatic rings. The Bertz CT molecular complexity index is 1320. The number of pyridine rings is 1. The molecule has 0 spiro atoms. The number of rotatable bonds is 8. The summed E-state index contributed by atoms with van der Waals surface area (Å²) in [6.07, 6.45) is 4.39. The molecular formula is C30H30ClNO3. The maximum Gasteiger partial charge on any atom is 0.130 e. The maximum absolute atomic E-state index is 11.1. The lowest BCUT2D eigenvalue weighted by atomic mass is 9.86. The number of nitrogens with zero attached hydrogens (tertiary/aromatic N) is 1. The molecule has 0 saturated heterocycles. The average Bonchev–Trinajstić information content (AvgIpc) is 3.33. The first kappa shape index (κ1) is 23.8. The molecular weight excluding hydrogens is 458 g/mol. The van der Waals surface area contributed by atoms with E-state index in [1.165, 1.54) is 0 Å². The van der Waals surface area contributed by atoms with Gasteiger partial charge in [0.15, 0.2) is 0 Å². The number of benzene rings is 3. The van der Waals surface area contributed by atoms with Crippen LogP contribution in [0.3, 0.4) is 0 Å². The van der Waals surface area contributed by atoms with Gasteiger partial charge in [0, 0.05) is 10.4 Å². The Morgan fingerprint density at radius 3 is 2.60 bits per heavy atom. The number of aliphatic hydroxyl groups excluding tert-OH is 1. The van der Waals surface area contributed by atoms with Gasteiger partial charge in [-0.3, -0.25) is 0 Å². The summed E-state index contributed by atoms with van der Waals surface area (Å²) in [5.74, 6) is 0.690. The monoisotopic (exact) mass is 487 g/mol. The summed E-state index contributed by atoms with van der Waals surface area (Å²) in [7, 11) is 0. The predicted octanol–water partition coefficient (Wildman–Crippen LogP) is 6.90. The number of aryl methyl sites for hydroxylation is 1. The molecule has 5 heteroatoms. The predicted molar refractivity (Wildman–Crippen MR) is 140 cm³/mol. The first-order chi connectivity index (χ1) is 17.0. The number of hydrogen-bond donors (Lipinski definition) is 2. The highest BCUT2D eigenvalue weighted by molar-refractivity contribution is 6.31. The summed E-state index contributed by atoms with van der Waals surface area (Å²) in [4.78, 5) is 4.64. The minimum atomic E-state index is -0.725. The third kappa shape index (κ3) is 5.51. The van der Waals surface area contributed by atoms with E-state index in [0.29, 0.717) is 30.2 Å². The van der Waals surface area contributed by atoms with E-state index in [-0.39, 0.29) is 0 Å². The second-order valence-corrected chi connectivity index (χ2v) is 9.89. The molecule has 0 aliphatic heterocycles. The molecule has 1 aliphatic rings. The van der Waals surface area contributed by atoms with Gasteiger partial charge in [0.2, 0.25) is 0 Å². The molecule has 1 unspecified atom stereocenters. The van der Waals surface area contributed by atoms with Gasteiger partial charge in [-0.15, -0.1) is 0 Å². The average molecular weight is 488 g/mol. The van der Waals surface area contributed by atoms with Crippen LogP contribution in [0, 0.1) is 0 Å². The van der Waals surface area contributed by atoms with Crippen molar-refractivity contribution in [1.82, 2.24) is 4.98 Å². The molecule has 1 saturated carbocycles. The van der Waals surface area contributed by atoms with Crippen molar-refractivity contribution in [1.29, 1.82) is 0 Å². The van der Waals surface area contributed by atoms with Crippen LogP contribution in [0.25, 0.3) is 10.9 Å². The Morgan fingerprint density at radius 2 is 1.74 bits per heavy atom. The second-order valence-electron chi connectivity index (χ2n) is 9.45. The van der Waals surface area contributed by atoms with Crippen molar-refractivity contribution < 1.29 is 14.9 Å².